The molecule has 0 atom stereocenters. The van der Waals surface area contributed by atoms with E-state index in [4.69, 9.17) is 4.42 Å². The molecule has 0 fully saturated rings. The predicted molar refractivity (Wildman–Crippen MR) is 126 cm³/mol. The molecule has 0 spiro atoms. The highest BCUT2D eigenvalue weighted by molar-refractivity contribution is 7.90. The van der Waals surface area contributed by atoms with Crippen molar-refractivity contribution >= 4 is 32.5 Å². The van der Waals surface area contributed by atoms with Crippen LogP contribution in [-0.2, 0) is 15.6 Å². The quantitative estimate of drug-likeness (QED) is 0.371. The maximum Gasteiger partial charge on any atom is 0.291 e. The minimum atomic E-state index is -3.61. The zero-order chi connectivity index (χ0) is 22.8. The van der Waals surface area contributed by atoms with E-state index in [-0.39, 0.29) is 16.4 Å². The molecule has 3 aromatic carbocycles. The van der Waals surface area contributed by atoms with Crippen LogP contribution in [0.4, 0.5) is 5.69 Å². The Morgan fingerprint density at radius 3 is 2.39 bits per heavy atom. The van der Waals surface area contributed by atoms with Gasteiger partial charge < -0.3 is 14.7 Å². The van der Waals surface area contributed by atoms with Gasteiger partial charge in [-0.3, -0.25) is 4.79 Å². The topological polar surface area (TPSA) is 105 Å². The predicted octanol–water partition coefficient (Wildman–Crippen LogP) is 5.05. The van der Waals surface area contributed by atoms with E-state index in [1.54, 1.807) is 30.3 Å². The van der Waals surface area contributed by atoms with Gasteiger partial charge in [0, 0.05) is 16.8 Å². The first-order chi connectivity index (χ1) is 16.0. The summed E-state index contributed by atoms with van der Waals surface area (Å²) in [5.74, 6) is -0.152. The third-order valence-corrected chi connectivity index (χ3v) is 6.89. The molecule has 2 heterocycles. The first kappa shape index (κ1) is 20.7. The van der Waals surface area contributed by atoms with Crippen molar-refractivity contribution in [3.05, 3.63) is 103 Å². The van der Waals surface area contributed by atoms with Crippen molar-refractivity contribution < 1.29 is 17.6 Å². The Morgan fingerprint density at radius 1 is 0.909 bits per heavy atom. The fourth-order valence-electron chi connectivity index (χ4n) is 3.55. The lowest BCUT2D eigenvalue weighted by Gasteiger charge is -2.07. The highest BCUT2D eigenvalue weighted by atomic mass is 32.2. The standard InChI is InChI=1S/C25H19N3O4S/c29-25(23-18(14-15-32-23)16-33(30,31)20-6-2-1-3-7-20)26-19-12-10-17(11-13-19)24-27-21-8-4-5-9-22(21)28-24/h1-15H,16H2,(H,26,29)(H,27,28). The average Bonchev–Trinajstić information content (AvgIpc) is 3.47. The number of fused-ring (bicyclic) bond motifs is 1. The molecule has 0 aliphatic carbocycles. The second kappa shape index (κ2) is 8.40. The summed E-state index contributed by atoms with van der Waals surface area (Å²) in [5.41, 5.74) is 3.54. The number of amides is 1. The summed E-state index contributed by atoms with van der Waals surface area (Å²) >= 11 is 0. The largest absolute Gasteiger partial charge is 0.459 e. The summed E-state index contributed by atoms with van der Waals surface area (Å²) in [6, 6.07) is 24.6. The summed E-state index contributed by atoms with van der Waals surface area (Å²) in [6.07, 6.45) is 1.31. The van der Waals surface area contributed by atoms with E-state index in [1.807, 2.05) is 36.4 Å². The summed E-state index contributed by atoms with van der Waals surface area (Å²) in [6.45, 7) is 0. The van der Waals surface area contributed by atoms with Gasteiger partial charge in [0.05, 0.1) is 27.9 Å². The van der Waals surface area contributed by atoms with Crippen LogP contribution in [0.2, 0.25) is 0 Å². The van der Waals surface area contributed by atoms with Gasteiger partial charge in [-0.05, 0) is 54.6 Å². The molecule has 33 heavy (non-hydrogen) atoms. The third kappa shape index (κ3) is 4.28. The highest BCUT2D eigenvalue weighted by Gasteiger charge is 2.22. The number of rotatable bonds is 6. The Labute approximate surface area is 190 Å². The number of para-hydroxylation sites is 2. The number of anilines is 1. The van der Waals surface area contributed by atoms with Crippen molar-refractivity contribution in [2.45, 2.75) is 10.6 Å². The van der Waals surface area contributed by atoms with Crippen LogP contribution in [0.25, 0.3) is 22.4 Å². The van der Waals surface area contributed by atoms with Crippen LogP contribution in [0.15, 0.2) is 101 Å². The van der Waals surface area contributed by atoms with E-state index in [0.29, 0.717) is 11.3 Å². The van der Waals surface area contributed by atoms with E-state index in [1.165, 1.54) is 24.5 Å². The molecule has 2 N–H and O–H groups in total. The van der Waals surface area contributed by atoms with E-state index in [9.17, 15) is 13.2 Å². The smallest absolute Gasteiger partial charge is 0.291 e. The maximum atomic E-state index is 12.8. The number of nitrogens with one attached hydrogen (secondary N) is 2. The van der Waals surface area contributed by atoms with E-state index in [2.05, 4.69) is 15.3 Å². The number of imidazole rings is 1. The monoisotopic (exact) mass is 457 g/mol. The van der Waals surface area contributed by atoms with Gasteiger partial charge in [0.15, 0.2) is 15.6 Å². The molecule has 164 valence electrons. The number of nitrogens with zero attached hydrogens (tertiary/aromatic N) is 1. The number of hydrogen-bond donors (Lipinski definition) is 2. The second-order valence-electron chi connectivity index (χ2n) is 7.48. The number of hydrogen-bond acceptors (Lipinski definition) is 5. The van der Waals surface area contributed by atoms with Crippen molar-refractivity contribution in [2.75, 3.05) is 5.32 Å². The Morgan fingerprint density at radius 2 is 1.64 bits per heavy atom. The maximum absolute atomic E-state index is 12.8. The molecule has 0 saturated heterocycles. The number of carbonyl (C=O) groups is 1. The average molecular weight is 458 g/mol. The van der Waals surface area contributed by atoms with Crippen LogP contribution in [0.5, 0.6) is 0 Å². The highest BCUT2D eigenvalue weighted by Crippen LogP contribution is 2.24. The van der Waals surface area contributed by atoms with Crippen LogP contribution in [0, 0.1) is 0 Å². The number of aromatic amines is 1. The number of furan rings is 1. The molecule has 0 radical (unpaired) electrons. The van der Waals surface area contributed by atoms with Crippen LogP contribution >= 0.6 is 0 Å². The van der Waals surface area contributed by atoms with Crippen LogP contribution in [0.3, 0.4) is 0 Å². The fraction of sp³-hybridized carbons (Fsp3) is 0.0400. The van der Waals surface area contributed by atoms with Gasteiger partial charge in [0.1, 0.15) is 5.82 Å². The van der Waals surface area contributed by atoms with E-state index in [0.717, 1.165) is 22.4 Å². The Kier molecular flexibility index (Phi) is 5.27. The summed E-state index contributed by atoms with van der Waals surface area (Å²) in [5, 5.41) is 2.76. The minimum Gasteiger partial charge on any atom is -0.459 e. The minimum absolute atomic E-state index is 0.0316. The molecule has 2 aromatic heterocycles. The molecule has 7 nitrogen and oxygen atoms in total. The Hall–Kier alpha value is -4.17. The molecule has 0 unspecified atom stereocenters. The molecule has 8 heteroatoms. The summed E-state index contributed by atoms with van der Waals surface area (Å²) < 4.78 is 30.7. The molecule has 0 aliphatic rings. The fourth-order valence-corrected chi connectivity index (χ4v) is 4.93. The van der Waals surface area contributed by atoms with Crippen molar-refractivity contribution in [1.29, 1.82) is 0 Å². The first-order valence-electron chi connectivity index (χ1n) is 10.2. The lowest BCUT2D eigenvalue weighted by Crippen LogP contribution is -2.14. The summed E-state index contributed by atoms with van der Waals surface area (Å²) in [7, 11) is -3.61. The van der Waals surface area contributed by atoms with Crippen molar-refractivity contribution in [3.8, 4) is 11.4 Å². The molecule has 5 aromatic rings. The van der Waals surface area contributed by atoms with Gasteiger partial charge in [0.25, 0.3) is 5.91 Å². The van der Waals surface area contributed by atoms with Gasteiger partial charge in [-0.25, -0.2) is 13.4 Å². The summed E-state index contributed by atoms with van der Waals surface area (Å²) in [4.78, 5) is 20.8. The van der Waals surface area contributed by atoms with E-state index >= 15 is 0 Å². The second-order valence-corrected chi connectivity index (χ2v) is 9.47. The molecule has 0 saturated carbocycles. The van der Waals surface area contributed by atoms with Gasteiger partial charge in [-0.15, -0.1) is 0 Å². The Balaban J connectivity index is 1.32. The van der Waals surface area contributed by atoms with Crippen molar-refractivity contribution in [1.82, 2.24) is 9.97 Å². The Bertz CT molecular complexity index is 1500. The molecule has 5 rings (SSSR count). The third-order valence-electron chi connectivity index (χ3n) is 5.21. The number of carbonyl (C=O) groups excluding carboxylic acids is 1. The lowest BCUT2D eigenvalue weighted by molar-refractivity contribution is 0.0996. The number of sulfone groups is 1. The zero-order valence-electron chi connectivity index (χ0n) is 17.4. The first-order valence-corrected chi connectivity index (χ1v) is 11.9. The van der Waals surface area contributed by atoms with Gasteiger partial charge in [-0.1, -0.05) is 30.3 Å². The molecular formula is C25H19N3O4S. The van der Waals surface area contributed by atoms with Crippen LogP contribution in [0.1, 0.15) is 16.1 Å². The van der Waals surface area contributed by atoms with Crippen LogP contribution in [-0.4, -0.2) is 24.3 Å². The van der Waals surface area contributed by atoms with Crippen molar-refractivity contribution in [3.63, 3.8) is 0 Å². The molecule has 0 aliphatic heterocycles. The SMILES string of the molecule is O=C(Nc1ccc(-c2nc3ccccc3[nH]2)cc1)c1occc1CS(=O)(=O)c1ccccc1. The van der Waals surface area contributed by atoms with Crippen LogP contribution < -0.4 is 5.32 Å². The van der Waals surface area contributed by atoms with Gasteiger partial charge in [-0.2, -0.15) is 0 Å². The molecule has 1 amide bonds. The van der Waals surface area contributed by atoms with E-state index < -0.39 is 15.7 Å². The van der Waals surface area contributed by atoms with Crippen molar-refractivity contribution in [2.24, 2.45) is 0 Å². The normalized spacial score (nSPS) is 11.5. The lowest BCUT2D eigenvalue weighted by atomic mass is 10.2. The van der Waals surface area contributed by atoms with Gasteiger partial charge in [0.2, 0.25) is 0 Å². The number of aromatic nitrogens is 2. The van der Waals surface area contributed by atoms with Gasteiger partial charge >= 0.3 is 0 Å². The number of H-pyrrole nitrogens is 1. The zero-order valence-corrected chi connectivity index (χ0v) is 18.2. The molecular weight excluding hydrogens is 438 g/mol. The molecule has 0 bridgehead atoms. The number of benzene rings is 3.